The highest BCUT2D eigenvalue weighted by molar-refractivity contribution is 5.94. The van der Waals surface area contributed by atoms with Crippen LogP contribution in [0.15, 0.2) is 24.3 Å². The average Bonchev–Trinajstić information content (AvgIpc) is 3.07. The third-order valence-electron chi connectivity index (χ3n) is 4.47. The molecule has 2 heterocycles. The molecule has 1 N–H and O–H groups in total. The third-order valence-corrected chi connectivity index (χ3v) is 4.47. The summed E-state index contributed by atoms with van der Waals surface area (Å²) >= 11 is 0. The molecule has 0 saturated carbocycles. The van der Waals surface area contributed by atoms with Crippen molar-refractivity contribution in [1.82, 2.24) is 15.1 Å². The number of carbonyl (C=O) groups is 1. The Hall–Kier alpha value is -1.80. The zero-order chi connectivity index (χ0) is 17.2. The Morgan fingerprint density at radius 1 is 1.21 bits per heavy atom. The van der Waals surface area contributed by atoms with Crippen LogP contribution in [0.1, 0.15) is 16.8 Å². The van der Waals surface area contributed by atoms with Gasteiger partial charge >= 0.3 is 6.36 Å². The number of carbonyl (C=O) groups excluding carboxylic acids is 1. The number of halogens is 3. The van der Waals surface area contributed by atoms with Gasteiger partial charge in [-0.3, -0.25) is 9.69 Å². The fourth-order valence-electron chi connectivity index (χ4n) is 3.25. The minimum absolute atomic E-state index is 0.215. The number of hydrogen-bond donors (Lipinski definition) is 1. The van der Waals surface area contributed by atoms with E-state index in [1.807, 2.05) is 0 Å². The summed E-state index contributed by atoms with van der Waals surface area (Å²) in [5.41, 5.74) is 0.215. The highest BCUT2D eigenvalue weighted by atomic mass is 19.4. The molecule has 3 rings (SSSR count). The fourth-order valence-corrected chi connectivity index (χ4v) is 3.25. The molecule has 2 aliphatic heterocycles. The van der Waals surface area contributed by atoms with Crippen LogP contribution in [0.25, 0.3) is 0 Å². The van der Waals surface area contributed by atoms with Crippen LogP contribution in [-0.2, 0) is 0 Å². The average molecular weight is 343 g/mol. The Balaban J connectivity index is 1.60. The van der Waals surface area contributed by atoms with E-state index in [4.69, 9.17) is 0 Å². The maximum atomic E-state index is 12.5. The number of nitrogens with zero attached hydrogens (tertiary/aromatic N) is 2. The lowest BCUT2D eigenvalue weighted by molar-refractivity contribution is -0.274. The number of benzene rings is 1. The number of nitrogens with one attached hydrogen (secondary N) is 1. The Labute approximate surface area is 138 Å². The van der Waals surface area contributed by atoms with Gasteiger partial charge in [0.1, 0.15) is 5.75 Å². The molecular weight excluding hydrogens is 323 g/mol. The van der Waals surface area contributed by atoms with Crippen molar-refractivity contribution in [2.45, 2.75) is 18.8 Å². The summed E-state index contributed by atoms with van der Waals surface area (Å²) in [5, 5.41) is 3.33. The molecule has 0 bridgehead atoms. The SMILES string of the molecule is O=C(c1cccc(OC(F)(F)F)c1)N1CCN(C2CCNC2)CC1. The standard InChI is InChI=1S/C16H20F3N3O2/c17-16(18,19)24-14-3-1-2-12(10-14)15(23)22-8-6-21(7-9-22)13-4-5-20-11-13/h1-3,10,13,20H,4-9,11H2. The molecule has 1 amide bonds. The molecule has 132 valence electrons. The quantitative estimate of drug-likeness (QED) is 0.908. The van der Waals surface area contributed by atoms with Crippen molar-refractivity contribution >= 4 is 5.91 Å². The molecular formula is C16H20F3N3O2. The predicted octanol–water partition coefficient (Wildman–Crippen LogP) is 1.70. The zero-order valence-electron chi connectivity index (χ0n) is 13.2. The number of hydrogen-bond acceptors (Lipinski definition) is 4. The van der Waals surface area contributed by atoms with E-state index in [2.05, 4.69) is 15.0 Å². The molecule has 2 fully saturated rings. The summed E-state index contributed by atoms with van der Waals surface area (Å²) in [6.07, 6.45) is -3.65. The monoisotopic (exact) mass is 343 g/mol. The van der Waals surface area contributed by atoms with Crippen molar-refractivity contribution in [2.75, 3.05) is 39.3 Å². The van der Waals surface area contributed by atoms with Gasteiger partial charge in [-0.1, -0.05) is 6.07 Å². The lowest BCUT2D eigenvalue weighted by atomic mass is 10.1. The minimum Gasteiger partial charge on any atom is -0.406 e. The van der Waals surface area contributed by atoms with Gasteiger partial charge in [0.2, 0.25) is 0 Å². The van der Waals surface area contributed by atoms with Gasteiger partial charge in [-0.25, -0.2) is 0 Å². The Morgan fingerprint density at radius 2 is 1.96 bits per heavy atom. The molecule has 0 spiro atoms. The summed E-state index contributed by atoms with van der Waals surface area (Å²) in [7, 11) is 0. The Morgan fingerprint density at radius 3 is 2.58 bits per heavy atom. The highest BCUT2D eigenvalue weighted by Gasteiger charge is 2.32. The predicted molar refractivity (Wildman–Crippen MR) is 81.9 cm³/mol. The maximum absolute atomic E-state index is 12.5. The molecule has 24 heavy (non-hydrogen) atoms. The van der Waals surface area contributed by atoms with Crippen molar-refractivity contribution in [2.24, 2.45) is 0 Å². The largest absolute Gasteiger partial charge is 0.573 e. The fraction of sp³-hybridized carbons (Fsp3) is 0.562. The second kappa shape index (κ2) is 6.98. The van der Waals surface area contributed by atoms with E-state index in [-0.39, 0.29) is 17.2 Å². The number of piperazine rings is 1. The van der Waals surface area contributed by atoms with E-state index in [1.54, 1.807) is 4.90 Å². The van der Waals surface area contributed by atoms with Crippen molar-refractivity contribution in [3.05, 3.63) is 29.8 Å². The molecule has 1 atom stereocenters. The molecule has 2 saturated heterocycles. The van der Waals surface area contributed by atoms with E-state index in [0.29, 0.717) is 19.1 Å². The minimum atomic E-state index is -4.76. The van der Waals surface area contributed by atoms with Crippen LogP contribution in [0.4, 0.5) is 13.2 Å². The van der Waals surface area contributed by atoms with E-state index < -0.39 is 6.36 Å². The number of rotatable bonds is 3. The molecule has 2 aliphatic rings. The van der Waals surface area contributed by atoms with E-state index in [1.165, 1.54) is 18.2 Å². The molecule has 0 aromatic heterocycles. The smallest absolute Gasteiger partial charge is 0.406 e. The third kappa shape index (κ3) is 4.18. The first-order valence-electron chi connectivity index (χ1n) is 8.02. The number of alkyl halides is 3. The van der Waals surface area contributed by atoms with E-state index >= 15 is 0 Å². The van der Waals surface area contributed by atoms with Gasteiger partial charge in [-0.15, -0.1) is 13.2 Å². The lowest BCUT2D eigenvalue weighted by Crippen LogP contribution is -2.52. The van der Waals surface area contributed by atoms with E-state index in [9.17, 15) is 18.0 Å². The first kappa shape index (κ1) is 17.0. The van der Waals surface area contributed by atoms with Crippen LogP contribution in [0.2, 0.25) is 0 Å². The second-order valence-electron chi connectivity index (χ2n) is 6.05. The summed E-state index contributed by atoms with van der Waals surface area (Å²) < 4.78 is 40.8. The van der Waals surface area contributed by atoms with Gasteiger partial charge in [0.05, 0.1) is 0 Å². The lowest BCUT2D eigenvalue weighted by Gasteiger charge is -2.37. The van der Waals surface area contributed by atoms with Crippen molar-refractivity contribution in [3.63, 3.8) is 0 Å². The molecule has 0 radical (unpaired) electrons. The highest BCUT2D eigenvalue weighted by Crippen LogP contribution is 2.24. The normalized spacial score (nSPS) is 22.6. The molecule has 8 heteroatoms. The van der Waals surface area contributed by atoms with Crippen molar-refractivity contribution in [1.29, 1.82) is 0 Å². The van der Waals surface area contributed by atoms with Crippen LogP contribution in [0, 0.1) is 0 Å². The van der Waals surface area contributed by atoms with Crippen LogP contribution < -0.4 is 10.1 Å². The van der Waals surface area contributed by atoms with Gasteiger partial charge in [0.15, 0.2) is 0 Å². The van der Waals surface area contributed by atoms with Gasteiger partial charge in [0, 0.05) is 44.3 Å². The van der Waals surface area contributed by atoms with Gasteiger partial charge in [-0.2, -0.15) is 0 Å². The number of amides is 1. The Kier molecular flexibility index (Phi) is 4.96. The van der Waals surface area contributed by atoms with Crippen LogP contribution in [0.3, 0.4) is 0 Å². The number of ether oxygens (including phenoxy) is 1. The first-order chi connectivity index (χ1) is 11.4. The topological polar surface area (TPSA) is 44.8 Å². The van der Waals surface area contributed by atoms with Gasteiger partial charge in [0.25, 0.3) is 5.91 Å². The molecule has 1 aromatic rings. The maximum Gasteiger partial charge on any atom is 0.573 e. The molecule has 0 aliphatic carbocycles. The molecule has 5 nitrogen and oxygen atoms in total. The van der Waals surface area contributed by atoms with Gasteiger partial charge in [-0.05, 0) is 31.2 Å². The Bertz CT molecular complexity index is 580. The summed E-state index contributed by atoms with van der Waals surface area (Å²) in [6.45, 7) is 4.74. The summed E-state index contributed by atoms with van der Waals surface area (Å²) in [6, 6.07) is 5.76. The van der Waals surface area contributed by atoms with Crippen LogP contribution in [0.5, 0.6) is 5.75 Å². The van der Waals surface area contributed by atoms with Crippen molar-refractivity contribution in [3.8, 4) is 5.75 Å². The first-order valence-corrected chi connectivity index (χ1v) is 8.02. The second-order valence-corrected chi connectivity index (χ2v) is 6.05. The molecule has 1 aromatic carbocycles. The van der Waals surface area contributed by atoms with Crippen LogP contribution >= 0.6 is 0 Å². The molecule has 1 unspecified atom stereocenters. The summed E-state index contributed by atoms with van der Waals surface area (Å²) in [4.78, 5) is 16.6. The summed E-state index contributed by atoms with van der Waals surface area (Å²) in [5.74, 6) is -0.629. The van der Waals surface area contributed by atoms with E-state index in [0.717, 1.165) is 38.7 Å². The zero-order valence-corrected chi connectivity index (χ0v) is 13.2. The van der Waals surface area contributed by atoms with Crippen molar-refractivity contribution < 1.29 is 22.7 Å². The van der Waals surface area contributed by atoms with Crippen LogP contribution in [-0.4, -0.2) is 67.4 Å². The van der Waals surface area contributed by atoms with Gasteiger partial charge < -0.3 is 15.0 Å².